The molecule has 5 rings (SSSR count). The highest BCUT2D eigenvalue weighted by molar-refractivity contribution is 5.96. The molecule has 0 saturated heterocycles. The molecule has 0 aromatic heterocycles. The van der Waals surface area contributed by atoms with E-state index >= 15 is 0 Å². The molecule has 0 heterocycles. The van der Waals surface area contributed by atoms with Crippen LogP contribution in [0.25, 0.3) is 0 Å². The SMILES string of the molecule is CC(C)OC(=O)CNC(=O)c1ccc(CNC(=O)C23CC4CC(CC(C4)C2)C3)cc1. The number of carbonyl (C=O) groups is 3. The van der Waals surface area contributed by atoms with Crippen molar-refractivity contribution in [3.05, 3.63) is 35.4 Å². The van der Waals surface area contributed by atoms with E-state index in [9.17, 15) is 14.4 Å². The van der Waals surface area contributed by atoms with Crippen LogP contribution in [0.1, 0.15) is 68.3 Å². The van der Waals surface area contributed by atoms with Gasteiger partial charge in [-0.3, -0.25) is 14.4 Å². The fraction of sp³-hybridized carbons (Fsp3) is 0.625. The van der Waals surface area contributed by atoms with E-state index in [1.807, 2.05) is 12.1 Å². The predicted octanol–water partition coefficient (Wildman–Crippen LogP) is 3.20. The first-order chi connectivity index (χ1) is 14.3. The van der Waals surface area contributed by atoms with Crippen LogP contribution in [0.15, 0.2) is 24.3 Å². The zero-order valence-corrected chi connectivity index (χ0v) is 17.9. The first kappa shape index (κ1) is 20.9. The van der Waals surface area contributed by atoms with Crippen molar-refractivity contribution in [2.45, 2.75) is 65.0 Å². The number of rotatable bonds is 7. The summed E-state index contributed by atoms with van der Waals surface area (Å²) in [4.78, 5) is 36.8. The minimum Gasteiger partial charge on any atom is -0.462 e. The van der Waals surface area contributed by atoms with Crippen molar-refractivity contribution >= 4 is 17.8 Å². The molecule has 1 aromatic rings. The van der Waals surface area contributed by atoms with E-state index in [0.717, 1.165) is 42.6 Å². The van der Waals surface area contributed by atoms with Gasteiger partial charge in [0.2, 0.25) is 5.91 Å². The molecule has 4 aliphatic carbocycles. The molecule has 0 unspecified atom stereocenters. The summed E-state index contributed by atoms with van der Waals surface area (Å²) in [5, 5.41) is 5.73. The largest absolute Gasteiger partial charge is 0.462 e. The van der Waals surface area contributed by atoms with Crippen LogP contribution in [0, 0.1) is 23.2 Å². The molecule has 6 nitrogen and oxygen atoms in total. The predicted molar refractivity (Wildman–Crippen MR) is 112 cm³/mol. The van der Waals surface area contributed by atoms with Gasteiger partial charge in [-0.05, 0) is 87.8 Å². The standard InChI is InChI=1S/C24H32N2O4/c1-15(2)30-21(27)14-25-22(28)20-5-3-16(4-6-20)13-26-23(29)24-10-17-7-18(11-24)9-19(8-17)12-24/h3-6,15,17-19H,7-14H2,1-2H3,(H,25,28)(H,26,29). The highest BCUT2D eigenvalue weighted by atomic mass is 16.5. The fourth-order valence-corrected chi connectivity index (χ4v) is 6.09. The average Bonchev–Trinajstić information content (AvgIpc) is 2.69. The Morgan fingerprint density at radius 3 is 2.07 bits per heavy atom. The smallest absolute Gasteiger partial charge is 0.325 e. The number of amides is 2. The van der Waals surface area contributed by atoms with Crippen LogP contribution in [0.5, 0.6) is 0 Å². The highest BCUT2D eigenvalue weighted by Crippen LogP contribution is 2.60. The van der Waals surface area contributed by atoms with Crippen molar-refractivity contribution in [3.8, 4) is 0 Å². The lowest BCUT2D eigenvalue weighted by Gasteiger charge is -2.55. The molecular weight excluding hydrogens is 380 g/mol. The molecule has 4 saturated carbocycles. The third kappa shape index (κ3) is 4.52. The number of esters is 1. The zero-order valence-electron chi connectivity index (χ0n) is 17.9. The molecule has 0 aliphatic heterocycles. The number of hydrogen-bond donors (Lipinski definition) is 2. The Morgan fingerprint density at radius 1 is 0.967 bits per heavy atom. The first-order valence-electron chi connectivity index (χ1n) is 11.2. The van der Waals surface area contributed by atoms with E-state index in [1.165, 1.54) is 19.3 Å². The molecule has 1 aromatic carbocycles. The number of ether oxygens (including phenoxy) is 1. The van der Waals surface area contributed by atoms with Gasteiger partial charge in [0.1, 0.15) is 6.54 Å². The Labute approximate surface area is 178 Å². The van der Waals surface area contributed by atoms with E-state index in [2.05, 4.69) is 10.6 Å². The van der Waals surface area contributed by atoms with Gasteiger partial charge in [-0.2, -0.15) is 0 Å². The molecule has 30 heavy (non-hydrogen) atoms. The summed E-state index contributed by atoms with van der Waals surface area (Å²) < 4.78 is 5.00. The number of carbonyl (C=O) groups excluding carboxylic acids is 3. The van der Waals surface area contributed by atoms with Gasteiger partial charge in [0.05, 0.1) is 6.10 Å². The molecule has 4 bridgehead atoms. The molecule has 4 fully saturated rings. The lowest BCUT2D eigenvalue weighted by Crippen LogP contribution is -2.53. The van der Waals surface area contributed by atoms with Crippen molar-refractivity contribution in [1.29, 1.82) is 0 Å². The van der Waals surface area contributed by atoms with Gasteiger partial charge >= 0.3 is 5.97 Å². The van der Waals surface area contributed by atoms with Crippen LogP contribution >= 0.6 is 0 Å². The van der Waals surface area contributed by atoms with Crippen molar-refractivity contribution < 1.29 is 19.1 Å². The number of benzene rings is 1. The van der Waals surface area contributed by atoms with Gasteiger partial charge in [0, 0.05) is 17.5 Å². The highest BCUT2D eigenvalue weighted by Gasteiger charge is 2.54. The van der Waals surface area contributed by atoms with Gasteiger partial charge in [-0.15, -0.1) is 0 Å². The molecule has 2 N–H and O–H groups in total. The third-order valence-electron chi connectivity index (χ3n) is 6.95. The van der Waals surface area contributed by atoms with Crippen LogP contribution in [0.4, 0.5) is 0 Å². The second-order valence-corrected chi connectivity index (χ2v) is 9.80. The monoisotopic (exact) mass is 412 g/mol. The topological polar surface area (TPSA) is 84.5 Å². The Balaban J connectivity index is 1.27. The Bertz CT molecular complexity index is 780. The number of nitrogens with one attached hydrogen (secondary N) is 2. The van der Waals surface area contributed by atoms with Gasteiger partial charge in [-0.25, -0.2) is 0 Å². The maximum Gasteiger partial charge on any atom is 0.325 e. The fourth-order valence-electron chi connectivity index (χ4n) is 6.09. The molecule has 6 heteroatoms. The van der Waals surface area contributed by atoms with E-state index < -0.39 is 5.97 Å². The lowest BCUT2D eigenvalue weighted by molar-refractivity contribution is -0.146. The Kier molecular flexibility index (Phi) is 5.85. The molecule has 0 radical (unpaired) electrons. The van der Waals surface area contributed by atoms with Crippen molar-refractivity contribution in [3.63, 3.8) is 0 Å². The van der Waals surface area contributed by atoms with Gasteiger partial charge in [-0.1, -0.05) is 12.1 Å². The second-order valence-electron chi connectivity index (χ2n) is 9.80. The zero-order chi connectivity index (χ0) is 21.3. The summed E-state index contributed by atoms with van der Waals surface area (Å²) in [5.74, 6) is 1.68. The van der Waals surface area contributed by atoms with Gasteiger partial charge < -0.3 is 15.4 Å². The molecule has 0 atom stereocenters. The molecular formula is C24H32N2O4. The minimum atomic E-state index is -0.456. The van der Waals surface area contributed by atoms with Crippen molar-refractivity contribution in [2.24, 2.45) is 23.2 Å². The summed E-state index contributed by atoms with van der Waals surface area (Å²) >= 11 is 0. The van der Waals surface area contributed by atoms with Crippen LogP contribution < -0.4 is 10.6 Å². The summed E-state index contributed by atoms with van der Waals surface area (Å²) in [6, 6.07) is 7.13. The van der Waals surface area contributed by atoms with Gasteiger partial charge in [0.25, 0.3) is 5.91 Å². The average molecular weight is 413 g/mol. The van der Waals surface area contributed by atoms with Crippen LogP contribution in [0.3, 0.4) is 0 Å². The van der Waals surface area contributed by atoms with Crippen LogP contribution in [-0.4, -0.2) is 30.4 Å². The van der Waals surface area contributed by atoms with E-state index in [1.54, 1.807) is 26.0 Å². The summed E-state index contributed by atoms with van der Waals surface area (Å²) in [5.41, 5.74) is 1.30. The van der Waals surface area contributed by atoms with E-state index in [4.69, 9.17) is 4.74 Å². The quantitative estimate of drug-likeness (QED) is 0.674. The first-order valence-corrected chi connectivity index (χ1v) is 11.2. The number of hydrogen-bond acceptors (Lipinski definition) is 4. The van der Waals surface area contributed by atoms with E-state index in [-0.39, 0.29) is 29.9 Å². The third-order valence-corrected chi connectivity index (χ3v) is 6.95. The normalized spacial score (nSPS) is 29.0. The molecule has 2 amide bonds. The summed E-state index contributed by atoms with van der Waals surface area (Å²) in [7, 11) is 0. The van der Waals surface area contributed by atoms with Crippen molar-refractivity contribution in [2.75, 3.05) is 6.54 Å². The van der Waals surface area contributed by atoms with E-state index in [0.29, 0.717) is 12.1 Å². The summed E-state index contributed by atoms with van der Waals surface area (Å²) in [6.45, 7) is 3.85. The Hall–Kier alpha value is -2.37. The molecule has 4 aliphatic rings. The van der Waals surface area contributed by atoms with Crippen molar-refractivity contribution in [1.82, 2.24) is 10.6 Å². The lowest BCUT2D eigenvalue weighted by atomic mass is 9.49. The Morgan fingerprint density at radius 2 is 1.53 bits per heavy atom. The second kappa shape index (κ2) is 8.40. The molecule has 162 valence electrons. The summed E-state index contributed by atoms with van der Waals surface area (Å²) in [6.07, 6.45) is 6.94. The van der Waals surface area contributed by atoms with Crippen LogP contribution in [-0.2, 0) is 20.9 Å². The maximum absolute atomic E-state index is 13.1. The molecule has 0 spiro atoms. The maximum atomic E-state index is 13.1. The minimum absolute atomic E-state index is 0.140. The van der Waals surface area contributed by atoms with Gasteiger partial charge in [0.15, 0.2) is 0 Å². The van der Waals surface area contributed by atoms with Crippen LogP contribution in [0.2, 0.25) is 0 Å².